The van der Waals surface area contributed by atoms with Gasteiger partial charge in [-0.3, -0.25) is 24.5 Å². The van der Waals surface area contributed by atoms with E-state index < -0.39 is 36.4 Å². The number of H-pyrrole nitrogens is 1. The molecule has 1 amide bonds. The van der Waals surface area contributed by atoms with E-state index in [-0.39, 0.29) is 29.6 Å². The number of aromatic amines is 1. The molecule has 2 fully saturated rings. The molecule has 3 N–H and O–H groups in total. The molecule has 0 radical (unpaired) electrons. The number of amides is 1. The van der Waals surface area contributed by atoms with Gasteiger partial charge in [-0.25, -0.2) is 4.98 Å². The number of benzene rings is 1. The van der Waals surface area contributed by atoms with Crippen LogP contribution in [-0.2, 0) is 19.0 Å². The van der Waals surface area contributed by atoms with E-state index in [9.17, 15) is 14.7 Å². The Balaban J connectivity index is 1.52. The van der Waals surface area contributed by atoms with Gasteiger partial charge in [0.15, 0.2) is 23.7 Å². The SMILES string of the molecule is CC(=O)Nc1nc2c(ncn2[C@@H]2O[C@H](CO)C3OC(c4ccccc4)OC32)c(=O)[nH]1. The zero-order valence-corrected chi connectivity index (χ0v) is 15.9. The van der Waals surface area contributed by atoms with Crippen LogP contribution in [0.25, 0.3) is 11.2 Å². The summed E-state index contributed by atoms with van der Waals surface area (Å²) in [4.78, 5) is 34.6. The fourth-order valence-electron chi connectivity index (χ4n) is 3.81. The fourth-order valence-corrected chi connectivity index (χ4v) is 3.81. The number of rotatable bonds is 4. The van der Waals surface area contributed by atoms with Crippen molar-refractivity contribution in [2.75, 3.05) is 11.9 Å². The highest BCUT2D eigenvalue weighted by Gasteiger charge is 2.53. The Hall–Kier alpha value is -3.12. The monoisotopic (exact) mass is 413 g/mol. The van der Waals surface area contributed by atoms with Crippen LogP contribution in [0.1, 0.15) is 25.0 Å². The summed E-state index contributed by atoms with van der Waals surface area (Å²) in [6.45, 7) is 1.05. The van der Waals surface area contributed by atoms with Crippen LogP contribution in [0.3, 0.4) is 0 Å². The summed E-state index contributed by atoms with van der Waals surface area (Å²) in [6, 6.07) is 9.45. The normalized spacial score (nSPS) is 28.0. The van der Waals surface area contributed by atoms with Crippen molar-refractivity contribution in [3.63, 3.8) is 0 Å². The molecule has 5 atom stereocenters. The Kier molecular flexibility index (Phi) is 4.59. The van der Waals surface area contributed by atoms with E-state index >= 15 is 0 Å². The van der Waals surface area contributed by atoms with Gasteiger partial charge in [0.05, 0.1) is 12.9 Å². The molecule has 0 saturated carbocycles. The molecular weight excluding hydrogens is 394 g/mol. The van der Waals surface area contributed by atoms with Crippen LogP contribution in [-0.4, -0.2) is 55.5 Å². The van der Waals surface area contributed by atoms with Crippen molar-refractivity contribution >= 4 is 23.0 Å². The van der Waals surface area contributed by atoms with Crippen molar-refractivity contribution in [2.24, 2.45) is 0 Å². The van der Waals surface area contributed by atoms with Gasteiger partial charge in [-0.2, -0.15) is 4.98 Å². The first-order valence-electron chi connectivity index (χ1n) is 9.42. The number of anilines is 1. The van der Waals surface area contributed by atoms with E-state index in [0.717, 1.165) is 5.56 Å². The summed E-state index contributed by atoms with van der Waals surface area (Å²) in [5, 5.41) is 12.2. The van der Waals surface area contributed by atoms with Crippen LogP contribution in [0.5, 0.6) is 0 Å². The zero-order valence-electron chi connectivity index (χ0n) is 15.9. The first-order valence-corrected chi connectivity index (χ1v) is 9.42. The summed E-state index contributed by atoms with van der Waals surface area (Å²) in [5.41, 5.74) is 0.661. The fraction of sp³-hybridized carbons (Fsp3) is 0.368. The Bertz CT molecular complexity index is 1150. The molecule has 0 aliphatic carbocycles. The highest BCUT2D eigenvalue weighted by molar-refractivity contribution is 5.87. The van der Waals surface area contributed by atoms with E-state index in [4.69, 9.17) is 14.2 Å². The molecule has 2 aliphatic rings. The molecule has 2 aliphatic heterocycles. The minimum Gasteiger partial charge on any atom is -0.394 e. The number of ether oxygens (including phenoxy) is 3. The van der Waals surface area contributed by atoms with Crippen LogP contribution >= 0.6 is 0 Å². The number of carbonyl (C=O) groups excluding carboxylic acids is 1. The van der Waals surface area contributed by atoms with E-state index in [1.54, 1.807) is 4.57 Å². The van der Waals surface area contributed by atoms with E-state index in [0.29, 0.717) is 0 Å². The van der Waals surface area contributed by atoms with Gasteiger partial charge >= 0.3 is 0 Å². The van der Waals surface area contributed by atoms with Crippen LogP contribution in [0.4, 0.5) is 5.95 Å². The van der Waals surface area contributed by atoms with Crippen molar-refractivity contribution < 1.29 is 24.1 Å². The van der Waals surface area contributed by atoms with Gasteiger partial charge in [0.2, 0.25) is 11.9 Å². The molecule has 2 aromatic heterocycles. The maximum absolute atomic E-state index is 12.3. The standard InChI is InChI=1S/C19H19N5O6/c1-9(26)21-19-22-15-12(16(27)23-19)20-8-24(15)17-14-13(11(7-25)28-17)29-18(30-14)10-5-3-2-4-6-10/h2-6,8,11,13-14,17-18,25H,7H2,1H3,(H2,21,22,23,26,27)/t11-,13?,14?,17-,18?/m1/s1. The van der Waals surface area contributed by atoms with Crippen LogP contribution < -0.4 is 10.9 Å². The summed E-state index contributed by atoms with van der Waals surface area (Å²) >= 11 is 0. The Morgan fingerprint density at radius 3 is 2.73 bits per heavy atom. The predicted octanol–water partition coefficient (Wildman–Crippen LogP) is 0.450. The lowest BCUT2D eigenvalue weighted by atomic mass is 10.1. The largest absolute Gasteiger partial charge is 0.394 e. The number of aromatic nitrogens is 4. The van der Waals surface area contributed by atoms with Crippen molar-refractivity contribution in [3.8, 4) is 0 Å². The van der Waals surface area contributed by atoms with Crippen molar-refractivity contribution in [1.29, 1.82) is 0 Å². The van der Waals surface area contributed by atoms with Gasteiger partial charge in [-0.15, -0.1) is 0 Å². The topological polar surface area (TPSA) is 141 Å². The van der Waals surface area contributed by atoms with Crippen LogP contribution in [0, 0.1) is 0 Å². The van der Waals surface area contributed by atoms with E-state index in [1.165, 1.54) is 13.3 Å². The quantitative estimate of drug-likeness (QED) is 0.560. The maximum atomic E-state index is 12.3. The molecule has 11 heteroatoms. The number of hydrogen-bond acceptors (Lipinski definition) is 8. The van der Waals surface area contributed by atoms with Crippen LogP contribution in [0.2, 0.25) is 0 Å². The molecule has 0 spiro atoms. The molecule has 5 rings (SSSR count). The Morgan fingerprint density at radius 2 is 2.00 bits per heavy atom. The molecule has 0 bridgehead atoms. The van der Waals surface area contributed by atoms with Gasteiger partial charge < -0.3 is 19.3 Å². The molecule has 4 heterocycles. The predicted molar refractivity (Wildman–Crippen MR) is 102 cm³/mol. The lowest BCUT2D eigenvalue weighted by Gasteiger charge is -2.20. The van der Waals surface area contributed by atoms with Crippen molar-refractivity contribution in [1.82, 2.24) is 19.5 Å². The number of aliphatic hydroxyl groups excluding tert-OH is 1. The smallest absolute Gasteiger partial charge is 0.280 e. The third kappa shape index (κ3) is 3.08. The summed E-state index contributed by atoms with van der Waals surface area (Å²) in [5.74, 6) is -0.375. The first-order chi connectivity index (χ1) is 14.5. The second-order valence-electron chi connectivity index (χ2n) is 7.11. The number of nitrogens with one attached hydrogen (secondary N) is 2. The van der Waals surface area contributed by atoms with Gasteiger partial charge in [-0.05, 0) is 0 Å². The Labute approximate surface area is 169 Å². The molecule has 2 saturated heterocycles. The van der Waals surface area contributed by atoms with E-state index in [1.807, 2.05) is 30.3 Å². The van der Waals surface area contributed by atoms with Crippen LogP contribution in [0.15, 0.2) is 41.5 Å². The lowest BCUT2D eigenvalue weighted by molar-refractivity contribution is -0.153. The van der Waals surface area contributed by atoms with Gasteiger partial charge in [0, 0.05) is 12.5 Å². The zero-order chi connectivity index (χ0) is 20.8. The molecule has 11 nitrogen and oxygen atoms in total. The molecule has 3 unspecified atom stereocenters. The number of carbonyl (C=O) groups is 1. The molecule has 1 aromatic carbocycles. The number of aliphatic hydroxyl groups is 1. The minimum atomic E-state index is -0.731. The average Bonchev–Trinajstić information content (AvgIpc) is 3.41. The molecule has 30 heavy (non-hydrogen) atoms. The average molecular weight is 413 g/mol. The maximum Gasteiger partial charge on any atom is 0.280 e. The number of fused-ring (bicyclic) bond motifs is 2. The van der Waals surface area contributed by atoms with Gasteiger partial charge in [0.1, 0.15) is 18.3 Å². The highest BCUT2D eigenvalue weighted by atomic mass is 16.8. The second-order valence-corrected chi connectivity index (χ2v) is 7.11. The van der Waals surface area contributed by atoms with Crippen molar-refractivity contribution in [3.05, 3.63) is 52.6 Å². The molecule has 3 aromatic rings. The lowest BCUT2D eigenvalue weighted by Crippen LogP contribution is -2.30. The number of imidazole rings is 1. The highest BCUT2D eigenvalue weighted by Crippen LogP contribution is 2.44. The second kappa shape index (κ2) is 7.29. The third-order valence-electron chi connectivity index (χ3n) is 5.10. The summed E-state index contributed by atoms with van der Waals surface area (Å²) in [7, 11) is 0. The summed E-state index contributed by atoms with van der Waals surface area (Å²) in [6.07, 6.45) is -1.61. The van der Waals surface area contributed by atoms with Crippen molar-refractivity contribution in [2.45, 2.75) is 37.8 Å². The summed E-state index contributed by atoms with van der Waals surface area (Å²) < 4.78 is 19.7. The molecular formula is C19H19N5O6. The van der Waals surface area contributed by atoms with Gasteiger partial charge in [0.25, 0.3) is 5.56 Å². The number of nitrogens with zero attached hydrogens (tertiary/aromatic N) is 3. The van der Waals surface area contributed by atoms with Gasteiger partial charge in [-0.1, -0.05) is 30.3 Å². The third-order valence-corrected chi connectivity index (χ3v) is 5.10. The van der Waals surface area contributed by atoms with E-state index in [2.05, 4.69) is 20.3 Å². The Morgan fingerprint density at radius 1 is 1.23 bits per heavy atom. The molecule has 156 valence electrons. The minimum absolute atomic E-state index is 0.000701. The first kappa shape index (κ1) is 18.9. The number of hydrogen-bond donors (Lipinski definition) is 3.